The third-order valence-corrected chi connectivity index (χ3v) is 5.61. The maximum Gasteiger partial charge on any atom is 0.335 e. The van der Waals surface area contributed by atoms with E-state index >= 15 is 0 Å². The van der Waals surface area contributed by atoms with Crippen LogP contribution in [0.2, 0.25) is 0 Å². The van der Waals surface area contributed by atoms with Gasteiger partial charge in [-0.3, -0.25) is 9.47 Å². The summed E-state index contributed by atoms with van der Waals surface area (Å²) < 4.78 is 12.6. The van der Waals surface area contributed by atoms with Crippen molar-refractivity contribution < 1.29 is 14.3 Å². The summed E-state index contributed by atoms with van der Waals surface area (Å²) in [4.78, 5) is 27.6. The largest absolute Gasteiger partial charge is 0.491 e. The van der Waals surface area contributed by atoms with Crippen LogP contribution in [0.15, 0.2) is 67.5 Å². The molecular weight excluding hydrogens is 430 g/mol. The van der Waals surface area contributed by atoms with Gasteiger partial charge in [-0.15, -0.1) is 0 Å². The molecule has 0 fully saturated rings. The van der Waals surface area contributed by atoms with Gasteiger partial charge in [-0.1, -0.05) is 24.3 Å². The summed E-state index contributed by atoms with van der Waals surface area (Å²) in [6, 6.07) is 13.6. The summed E-state index contributed by atoms with van der Waals surface area (Å²) >= 11 is 0. The molecule has 2 aromatic carbocycles. The fourth-order valence-corrected chi connectivity index (χ4v) is 3.86. The van der Waals surface area contributed by atoms with Gasteiger partial charge in [0.2, 0.25) is 0 Å². The average molecular weight is 460 g/mol. The topological polar surface area (TPSA) is 82.4 Å². The van der Waals surface area contributed by atoms with Crippen LogP contribution in [-0.4, -0.2) is 52.4 Å². The summed E-state index contributed by atoms with van der Waals surface area (Å²) in [5.41, 5.74) is 3.13. The molecule has 0 unspecified atom stereocenters. The number of carbonyl (C=O) groups is 1. The van der Waals surface area contributed by atoms with Crippen molar-refractivity contribution in [3.05, 3.63) is 78.6 Å². The first-order valence-electron chi connectivity index (χ1n) is 11.4. The predicted octanol–water partition coefficient (Wildman–Crippen LogP) is 4.66. The van der Waals surface area contributed by atoms with E-state index in [9.17, 15) is 4.79 Å². The van der Waals surface area contributed by atoms with Crippen LogP contribution in [-0.2, 0) is 11.2 Å². The van der Waals surface area contributed by atoms with Crippen molar-refractivity contribution in [1.82, 2.24) is 19.5 Å². The summed E-state index contributed by atoms with van der Waals surface area (Å²) in [5.74, 6) is 1.35. The molecule has 2 heterocycles. The van der Waals surface area contributed by atoms with E-state index in [2.05, 4.69) is 27.1 Å². The normalized spacial score (nSPS) is 11.0. The van der Waals surface area contributed by atoms with E-state index in [1.807, 2.05) is 37.3 Å². The first-order valence-corrected chi connectivity index (χ1v) is 11.4. The van der Waals surface area contributed by atoms with Gasteiger partial charge < -0.3 is 9.47 Å². The minimum Gasteiger partial charge on any atom is -0.491 e. The first-order chi connectivity index (χ1) is 16.7. The van der Waals surface area contributed by atoms with Gasteiger partial charge in [-0.25, -0.2) is 19.7 Å². The zero-order valence-corrected chi connectivity index (χ0v) is 19.6. The number of amides is 1. The summed E-state index contributed by atoms with van der Waals surface area (Å²) in [6.45, 7) is 3.46. The minimum absolute atomic E-state index is 0.256. The monoisotopic (exact) mass is 459 g/mol. The molecule has 0 radical (unpaired) electrons. The third kappa shape index (κ3) is 5.58. The SMILES string of the molecule is COCCCCc1ccc(OCCN(C(=O)n2ccnc2)c2ncnc3ccccc23)c(C)c1. The molecule has 0 aliphatic carbocycles. The van der Waals surface area contributed by atoms with Crippen molar-refractivity contribution in [1.29, 1.82) is 0 Å². The Labute approximate surface area is 199 Å². The molecule has 1 amide bonds. The smallest absolute Gasteiger partial charge is 0.335 e. The van der Waals surface area contributed by atoms with Gasteiger partial charge in [0, 0.05) is 31.5 Å². The Morgan fingerprint density at radius 3 is 2.76 bits per heavy atom. The third-order valence-electron chi connectivity index (χ3n) is 5.61. The number of ether oxygens (including phenoxy) is 2. The highest BCUT2D eigenvalue weighted by Crippen LogP contribution is 2.24. The number of carbonyl (C=O) groups excluding carboxylic acids is 1. The molecule has 0 aliphatic heterocycles. The van der Waals surface area contributed by atoms with Crippen LogP contribution in [0.5, 0.6) is 5.75 Å². The van der Waals surface area contributed by atoms with Gasteiger partial charge in [0.15, 0.2) is 0 Å². The fraction of sp³-hybridized carbons (Fsp3) is 0.308. The lowest BCUT2D eigenvalue weighted by atomic mass is 10.1. The van der Waals surface area contributed by atoms with E-state index in [0.717, 1.165) is 48.1 Å². The number of methoxy groups -OCH3 is 1. The Balaban J connectivity index is 1.48. The Kier molecular flexibility index (Phi) is 7.83. The second-order valence-corrected chi connectivity index (χ2v) is 8.02. The fourth-order valence-electron chi connectivity index (χ4n) is 3.86. The number of nitrogens with zero attached hydrogens (tertiary/aromatic N) is 5. The number of unbranched alkanes of at least 4 members (excludes halogenated alkanes) is 1. The second-order valence-electron chi connectivity index (χ2n) is 8.02. The van der Waals surface area contributed by atoms with Crippen LogP contribution in [0.3, 0.4) is 0 Å². The van der Waals surface area contributed by atoms with Crippen LogP contribution in [0, 0.1) is 6.92 Å². The van der Waals surface area contributed by atoms with Crippen LogP contribution in [0.4, 0.5) is 10.6 Å². The van der Waals surface area contributed by atoms with Gasteiger partial charge in [0.1, 0.15) is 30.8 Å². The quantitative estimate of drug-likeness (QED) is 0.321. The van der Waals surface area contributed by atoms with Crippen molar-refractivity contribution in [2.24, 2.45) is 0 Å². The summed E-state index contributed by atoms with van der Waals surface area (Å²) in [6.07, 6.45) is 9.30. The van der Waals surface area contributed by atoms with E-state index in [0.29, 0.717) is 19.0 Å². The van der Waals surface area contributed by atoms with Crippen LogP contribution >= 0.6 is 0 Å². The van der Waals surface area contributed by atoms with Gasteiger partial charge in [0.25, 0.3) is 0 Å². The number of aryl methyl sites for hydroxylation is 2. The summed E-state index contributed by atoms with van der Waals surface area (Å²) in [7, 11) is 1.73. The number of rotatable bonds is 10. The molecule has 2 aromatic heterocycles. The van der Waals surface area contributed by atoms with Crippen molar-refractivity contribution in [2.45, 2.75) is 26.2 Å². The average Bonchev–Trinajstić information content (AvgIpc) is 3.40. The van der Waals surface area contributed by atoms with Crippen LogP contribution < -0.4 is 9.64 Å². The Morgan fingerprint density at radius 2 is 1.97 bits per heavy atom. The lowest BCUT2D eigenvalue weighted by Crippen LogP contribution is -2.38. The molecule has 0 spiro atoms. The lowest BCUT2D eigenvalue weighted by Gasteiger charge is -2.23. The number of para-hydroxylation sites is 1. The molecule has 4 rings (SSSR count). The first kappa shape index (κ1) is 23.4. The Hall–Kier alpha value is -3.78. The van der Waals surface area contributed by atoms with Gasteiger partial charge >= 0.3 is 6.03 Å². The molecular formula is C26H29N5O3. The standard InChI is InChI=1S/C26H29N5O3/c1-20-17-21(7-5-6-15-33-2)10-11-24(20)34-16-14-31(26(32)30-13-12-27-19-30)25-22-8-3-4-9-23(22)28-18-29-25/h3-4,8-13,17-19H,5-7,14-16H2,1-2H3. The molecule has 8 nitrogen and oxygen atoms in total. The predicted molar refractivity (Wildman–Crippen MR) is 131 cm³/mol. The van der Waals surface area contributed by atoms with Crippen molar-refractivity contribution in [2.75, 3.05) is 31.8 Å². The van der Waals surface area contributed by atoms with Gasteiger partial charge in [0.05, 0.1) is 12.1 Å². The number of hydrogen-bond donors (Lipinski definition) is 0. The number of fused-ring (bicyclic) bond motifs is 1. The minimum atomic E-state index is -0.256. The molecule has 0 N–H and O–H groups in total. The van der Waals surface area contributed by atoms with E-state index in [-0.39, 0.29) is 6.03 Å². The van der Waals surface area contributed by atoms with E-state index < -0.39 is 0 Å². The second kappa shape index (κ2) is 11.4. The van der Waals surface area contributed by atoms with Crippen LogP contribution in [0.25, 0.3) is 10.9 Å². The molecule has 34 heavy (non-hydrogen) atoms. The highest BCUT2D eigenvalue weighted by atomic mass is 16.5. The van der Waals surface area contributed by atoms with Crippen LogP contribution in [0.1, 0.15) is 24.0 Å². The van der Waals surface area contributed by atoms with Crippen molar-refractivity contribution in [3.8, 4) is 5.75 Å². The molecule has 176 valence electrons. The summed E-state index contributed by atoms with van der Waals surface area (Å²) in [5, 5.41) is 0.799. The van der Waals surface area contributed by atoms with Gasteiger partial charge in [-0.2, -0.15) is 0 Å². The molecule has 0 aliphatic rings. The molecule has 4 aromatic rings. The number of hydrogen-bond acceptors (Lipinski definition) is 6. The molecule has 0 saturated heterocycles. The van der Waals surface area contributed by atoms with E-state index in [1.54, 1.807) is 24.4 Å². The maximum absolute atomic E-state index is 13.3. The zero-order valence-electron chi connectivity index (χ0n) is 19.6. The number of benzene rings is 2. The lowest BCUT2D eigenvalue weighted by molar-refractivity contribution is 0.193. The molecule has 0 saturated carbocycles. The number of aromatic nitrogens is 4. The Bertz CT molecular complexity index is 1220. The highest BCUT2D eigenvalue weighted by molar-refractivity contribution is 6.00. The van der Waals surface area contributed by atoms with Gasteiger partial charge in [-0.05, 0) is 55.5 Å². The van der Waals surface area contributed by atoms with E-state index in [4.69, 9.17) is 9.47 Å². The number of imidazole rings is 1. The zero-order chi connectivity index (χ0) is 23.8. The van der Waals surface area contributed by atoms with E-state index in [1.165, 1.54) is 22.8 Å². The maximum atomic E-state index is 13.3. The van der Waals surface area contributed by atoms with Crippen molar-refractivity contribution >= 4 is 22.8 Å². The highest BCUT2D eigenvalue weighted by Gasteiger charge is 2.21. The molecule has 0 bridgehead atoms. The Morgan fingerprint density at radius 1 is 1.09 bits per heavy atom. The molecule has 8 heteroatoms. The number of anilines is 1. The van der Waals surface area contributed by atoms with Crippen molar-refractivity contribution in [3.63, 3.8) is 0 Å². The molecule has 0 atom stereocenters.